The number of nitrogens with one attached hydrogen (secondary N) is 1. The summed E-state index contributed by atoms with van der Waals surface area (Å²) in [5.74, 6) is 0.262. The Morgan fingerprint density at radius 2 is 2.25 bits per heavy atom. The maximum Gasteiger partial charge on any atom is 0.219 e. The Morgan fingerprint density at radius 3 is 2.81 bits per heavy atom. The number of hydrogen-bond donors (Lipinski definition) is 3. The molecule has 0 saturated heterocycles. The topological polar surface area (TPSA) is 90.4 Å². The van der Waals surface area contributed by atoms with Gasteiger partial charge < -0.3 is 21.5 Å². The van der Waals surface area contributed by atoms with Crippen LogP contribution in [0.5, 0.6) is 5.75 Å². The molecule has 0 spiro atoms. The molecule has 1 aromatic carbocycles. The largest absolute Gasteiger partial charge is 0.495 e. The third-order valence-corrected chi connectivity index (χ3v) is 2.20. The van der Waals surface area contributed by atoms with Crippen LogP contribution in [-0.2, 0) is 4.79 Å². The maximum atomic E-state index is 10.7. The van der Waals surface area contributed by atoms with Crippen LogP contribution in [0.4, 0.5) is 11.4 Å². The van der Waals surface area contributed by atoms with Crippen molar-refractivity contribution < 1.29 is 9.53 Å². The number of primary amides is 1. The van der Waals surface area contributed by atoms with Crippen molar-refractivity contribution in [2.45, 2.75) is 19.4 Å². The number of para-hydroxylation sites is 1. The number of nitrogens with two attached hydrogens (primary N) is 2. The van der Waals surface area contributed by atoms with Crippen molar-refractivity contribution in [3.63, 3.8) is 0 Å². The van der Waals surface area contributed by atoms with E-state index in [0.717, 1.165) is 5.69 Å². The summed E-state index contributed by atoms with van der Waals surface area (Å²) >= 11 is 0. The van der Waals surface area contributed by atoms with Crippen molar-refractivity contribution in [3.8, 4) is 5.75 Å². The molecule has 0 bridgehead atoms. The SMILES string of the molecule is COc1cccc(NC(C)CC(N)=O)c1N. The highest BCUT2D eigenvalue weighted by Crippen LogP contribution is 2.29. The fraction of sp³-hybridized carbons (Fsp3) is 0.364. The summed E-state index contributed by atoms with van der Waals surface area (Å²) in [7, 11) is 1.56. The van der Waals surface area contributed by atoms with Crippen LogP contribution in [0.15, 0.2) is 18.2 Å². The summed E-state index contributed by atoms with van der Waals surface area (Å²) in [6, 6.07) is 5.37. The molecule has 0 aliphatic carbocycles. The number of ether oxygens (including phenoxy) is 1. The highest BCUT2D eigenvalue weighted by atomic mass is 16.5. The first-order chi connectivity index (χ1) is 7.54. The first-order valence-electron chi connectivity index (χ1n) is 5.02. The van der Waals surface area contributed by atoms with Gasteiger partial charge in [-0.25, -0.2) is 0 Å². The van der Waals surface area contributed by atoms with Gasteiger partial charge in [-0.2, -0.15) is 0 Å². The summed E-state index contributed by atoms with van der Waals surface area (Å²) in [5, 5.41) is 3.11. The lowest BCUT2D eigenvalue weighted by atomic mass is 10.2. The number of amides is 1. The minimum Gasteiger partial charge on any atom is -0.495 e. The van der Waals surface area contributed by atoms with Gasteiger partial charge in [-0.15, -0.1) is 0 Å². The van der Waals surface area contributed by atoms with Crippen molar-refractivity contribution in [2.24, 2.45) is 5.73 Å². The Labute approximate surface area is 94.8 Å². The Hall–Kier alpha value is -1.91. The predicted octanol–water partition coefficient (Wildman–Crippen LogP) is 0.953. The summed E-state index contributed by atoms with van der Waals surface area (Å²) < 4.78 is 5.09. The molecule has 0 heterocycles. The second-order valence-corrected chi connectivity index (χ2v) is 3.64. The van der Waals surface area contributed by atoms with E-state index in [1.165, 1.54) is 0 Å². The highest BCUT2D eigenvalue weighted by Gasteiger charge is 2.09. The minimum atomic E-state index is -0.346. The molecule has 1 rings (SSSR count). The van der Waals surface area contributed by atoms with Crippen LogP contribution in [-0.4, -0.2) is 19.1 Å². The number of hydrogen-bond acceptors (Lipinski definition) is 4. The predicted molar refractivity (Wildman–Crippen MR) is 64.3 cm³/mol. The zero-order chi connectivity index (χ0) is 12.1. The second kappa shape index (κ2) is 5.25. The van der Waals surface area contributed by atoms with Crippen LogP contribution in [0.25, 0.3) is 0 Å². The van der Waals surface area contributed by atoms with Gasteiger partial charge in [0.2, 0.25) is 5.91 Å². The Bertz CT molecular complexity index is 379. The van der Waals surface area contributed by atoms with Gasteiger partial charge in [0.05, 0.1) is 18.5 Å². The number of carbonyl (C=O) groups is 1. The molecule has 0 radical (unpaired) electrons. The fourth-order valence-electron chi connectivity index (χ4n) is 1.47. The smallest absolute Gasteiger partial charge is 0.219 e. The fourth-order valence-corrected chi connectivity index (χ4v) is 1.47. The molecular weight excluding hydrogens is 206 g/mol. The van der Waals surface area contributed by atoms with Crippen LogP contribution in [0.2, 0.25) is 0 Å². The lowest BCUT2D eigenvalue weighted by molar-refractivity contribution is -0.118. The van der Waals surface area contributed by atoms with Gasteiger partial charge in [0.15, 0.2) is 0 Å². The molecule has 5 N–H and O–H groups in total. The third-order valence-electron chi connectivity index (χ3n) is 2.20. The van der Waals surface area contributed by atoms with Gasteiger partial charge in [0.1, 0.15) is 5.75 Å². The van der Waals surface area contributed by atoms with Crippen LogP contribution in [0, 0.1) is 0 Å². The summed E-state index contributed by atoms with van der Waals surface area (Å²) in [6.07, 6.45) is 0.261. The Balaban J connectivity index is 2.77. The Morgan fingerprint density at radius 1 is 1.56 bits per heavy atom. The van der Waals surface area contributed by atoms with Crippen molar-refractivity contribution >= 4 is 17.3 Å². The minimum absolute atomic E-state index is 0.0630. The van der Waals surface area contributed by atoms with E-state index in [1.54, 1.807) is 13.2 Å². The van der Waals surface area contributed by atoms with Crippen LogP contribution in [0.3, 0.4) is 0 Å². The van der Waals surface area contributed by atoms with E-state index in [1.807, 2.05) is 19.1 Å². The van der Waals surface area contributed by atoms with Crippen molar-refractivity contribution in [3.05, 3.63) is 18.2 Å². The van der Waals surface area contributed by atoms with Gasteiger partial charge in [-0.3, -0.25) is 4.79 Å². The normalized spacial score (nSPS) is 11.9. The molecule has 0 fully saturated rings. The van der Waals surface area contributed by atoms with E-state index >= 15 is 0 Å². The molecule has 0 aromatic heterocycles. The molecule has 1 aromatic rings. The average Bonchev–Trinajstić information content (AvgIpc) is 2.20. The molecule has 0 saturated carbocycles. The molecule has 1 atom stereocenters. The number of rotatable bonds is 5. The Kier molecular flexibility index (Phi) is 3.99. The monoisotopic (exact) mass is 223 g/mol. The summed E-state index contributed by atoms with van der Waals surface area (Å²) in [6.45, 7) is 1.86. The zero-order valence-electron chi connectivity index (χ0n) is 9.49. The summed E-state index contributed by atoms with van der Waals surface area (Å²) in [4.78, 5) is 10.7. The lowest BCUT2D eigenvalue weighted by Crippen LogP contribution is -2.24. The molecule has 0 aliphatic rings. The van der Waals surface area contributed by atoms with E-state index in [2.05, 4.69) is 5.32 Å². The van der Waals surface area contributed by atoms with E-state index in [0.29, 0.717) is 11.4 Å². The highest BCUT2D eigenvalue weighted by molar-refractivity contribution is 5.76. The molecule has 0 aliphatic heterocycles. The van der Waals surface area contributed by atoms with Crippen molar-refractivity contribution in [1.82, 2.24) is 0 Å². The van der Waals surface area contributed by atoms with E-state index in [4.69, 9.17) is 16.2 Å². The summed E-state index contributed by atoms with van der Waals surface area (Å²) in [5.41, 5.74) is 12.2. The second-order valence-electron chi connectivity index (χ2n) is 3.64. The number of methoxy groups -OCH3 is 1. The van der Waals surface area contributed by atoms with Gasteiger partial charge in [0, 0.05) is 12.5 Å². The van der Waals surface area contributed by atoms with E-state index < -0.39 is 0 Å². The first-order valence-corrected chi connectivity index (χ1v) is 5.02. The standard InChI is InChI=1S/C11H17N3O2/c1-7(6-10(12)15)14-8-4-3-5-9(16-2)11(8)13/h3-5,7,14H,6,13H2,1-2H3,(H2,12,15). The number of carbonyl (C=O) groups excluding carboxylic acids is 1. The number of benzene rings is 1. The molecule has 5 nitrogen and oxygen atoms in total. The number of anilines is 2. The van der Waals surface area contributed by atoms with E-state index in [9.17, 15) is 4.79 Å². The molecule has 5 heteroatoms. The van der Waals surface area contributed by atoms with Crippen LogP contribution >= 0.6 is 0 Å². The van der Waals surface area contributed by atoms with Crippen LogP contribution in [0.1, 0.15) is 13.3 Å². The van der Waals surface area contributed by atoms with Gasteiger partial charge in [-0.05, 0) is 19.1 Å². The van der Waals surface area contributed by atoms with E-state index in [-0.39, 0.29) is 18.4 Å². The molecule has 1 unspecified atom stereocenters. The van der Waals surface area contributed by atoms with Gasteiger partial charge in [-0.1, -0.05) is 6.07 Å². The first kappa shape index (κ1) is 12.2. The average molecular weight is 223 g/mol. The van der Waals surface area contributed by atoms with Gasteiger partial charge >= 0.3 is 0 Å². The lowest BCUT2D eigenvalue weighted by Gasteiger charge is -2.16. The molecule has 88 valence electrons. The van der Waals surface area contributed by atoms with Crippen LogP contribution < -0.4 is 21.5 Å². The molecule has 1 amide bonds. The molecular formula is C11H17N3O2. The third kappa shape index (κ3) is 3.05. The molecule has 16 heavy (non-hydrogen) atoms. The van der Waals surface area contributed by atoms with Crippen molar-refractivity contribution in [2.75, 3.05) is 18.2 Å². The van der Waals surface area contributed by atoms with Gasteiger partial charge in [0.25, 0.3) is 0 Å². The zero-order valence-corrected chi connectivity index (χ0v) is 9.49. The quantitative estimate of drug-likeness (QED) is 0.648. The number of nitrogen functional groups attached to an aromatic ring is 1. The van der Waals surface area contributed by atoms with Crippen molar-refractivity contribution in [1.29, 1.82) is 0 Å². The maximum absolute atomic E-state index is 10.7.